The van der Waals surface area contributed by atoms with Crippen LogP contribution in [0.2, 0.25) is 0 Å². The Labute approximate surface area is 240 Å². The quantitative estimate of drug-likeness (QED) is 0.375. The van der Waals surface area contributed by atoms with Gasteiger partial charge in [-0.15, -0.1) is 0 Å². The molecule has 0 bridgehead atoms. The lowest BCUT2D eigenvalue weighted by atomic mass is 10.1. The Morgan fingerprint density at radius 1 is 1.10 bits per heavy atom. The molecule has 40 heavy (non-hydrogen) atoms. The summed E-state index contributed by atoms with van der Waals surface area (Å²) in [5, 5.41) is 7.54. The van der Waals surface area contributed by atoms with Crippen LogP contribution in [0.4, 0.5) is 5.69 Å². The standard InChI is InChI=1S/C30H38N6O3S/c1-33(20-21-8-10-23(11-9-21)30(38)35-14-16-36(40-4)17-15-35)26-7-5-6-24(28(26)39-3)19-31-29(37)27-18-25(22-12-13-22)32-34(27)2/h5-11,18,22H,12-17,19-20H2,1-4H3,(H,31,37). The van der Waals surface area contributed by atoms with Crippen molar-refractivity contribution in [1.29, 1.82) is 0 Å². The fraction of sp³-hybridized carbons (Fsp3) is 0.433. The van der Waals surface area contributed by atoms with E-state index in [0.29, 0.717) is 24.7 Å². The zero-order chi connectivity index (χ0) is 28.2. The number of piperazine rings is 1. The van der Waals surface area contributed by atoms with Crippen LogP contribution in [0.25, 0.3) is 0 Å². The summed E-state index contributed by atoms with van der Waals surface area (Å²) in [6.07, 6.45) is 4.37. The summed E-state index contributed by atoms with van der Waals surface area (Å²) in [4.78, 5) is 29.9. The van der Waals surface area contributed by atoms with Crippen molar-refractivity contribution in [3.63, 3.8) is 0 Å². The van der Waals surface area contributed by atoms with Crippen LogP contribution in [0.1, 0.15) is 56.4 Å². The molecule has 0 atom stereocenters. The highest BCUT2D eigenvalue weighted by Gasteiger charge is 2.28. The first kappa shape index (κ1) is 28.0. The Hall–Kier alpha value is -3.50. The highest BCUT2D eigenvalue weighted by molar-refractivity contribution is 7.96. The number of anilines is 1. The van der Waals surface area contributed by atoms with Crippen molar-refractivity contribution in [2.45, 2.75) is 31.8 Å². The van der Waals surface area contributed by atoms with Crippen LogP contribution < -0.4 is 15.0 Å². The molecule has 2 aliphatic rings. The monoisotopic (exact) mass is 562 g/mol. The van der Waals surface area contributed by atoms with Crippen molar-refractivity contribution >= 4 is 29.4 Å². The summed E-state index contributed by atoms with van der Waals surface area (Å²) < 4.78 is 9.75. The van der Waals surface area contributed by atoms with Crippen molar-refractivity contribution in [2.75, 3.05) is 51.5 Å². The molecular weight excluding hydrogens is 524 g/mol. The Morgan fingerprint density at radius 3 is 2.48 bits per heavy atom. The number of nitrogens with one attached hydrogen (secondary N) is 1. The summed E-state index contributed by atoms with van der Waals surface area (Å²) in [6.45, 7) is 4.28. The number of ether oxygens (including phenoxy) is 1. The summed E-state index contributed by atoms with van der Waals surface area (Å²) in [5.74, 6) is 1.17. The van der Waals surface area contributed by atoms with Crippen molar-refractivity contribution in [1.82, 2.24) is 24.3 Å². The molecule has 1 N–H and O–H groups in total. The molecule has 1 saturated heterocycles. The van der Waals surface area contributed by atoms with E-state index in [0.717, 1.165) is 72.8 Å². The number of methoxy groups -OCH3 is 1. The fourth-order valence-electron chi connectivity index (χ4n) is 5.16. The second-order valence-corrected chi connectivity index (χ2v) is 11.3. The van der Waals surface area contributed by atoms with E-state index in [4.69, 9.17) is 4.74 Å². The van der Waals surface area contributed by atoms with Crippen LogP contribution in [0.3, 0.4) is 0 Å². The molecule has 2 fully saturated rings. The first-order chi connectivity index (χ1) is 19.4. The van der Waals surface area contributed by atoms with E-state index in [2.05, 4.69) is 25.9 Å². The van der Waals surface area contributed by atoms with Crippen LogP contribution in [0.5, 0.6) is 5.75 Å². The maximum Gasteiger partial charge on any atom is 0.269 e. The number of aromatic nitrogens is 2. The minimum absolute atomic E-state index is 0.0898. The Balaban J connectivity index is 1.21. The van der Waals surface area contributed by atoms with Gasteiger partial charge in [0.2, 0.25) is 0 Å². The van der Waals surface area contributed by atoms with E-state index in [1.165, 1.54) is 0 Å². The van der Waals surface area contributed by atoms with E-state index in [-0.39, 0.29) is 11.8 Å². The average Bonchev–Trinajstić information content (AvgIpc) is 3.76. The van der Waals surface area contributed by atoms with Crippen molar-refractivity contribution in [3.8, 4) is 5.75 Å². The minimum Gasteiger partial charge on any atom is -0.494 e. The number of benzene rings is 2. The molecule has 1 aliphatic heterocycles. The number of aryl methyl sites for hydroxylation is 1. The largest absolute Gasteiger partial charge is 0.494 e. The Bertz CT molecular complexity index is 1350. The number of nitrogens with zero attached hydrogens (tertiary/aromatic N) is 5. The number of hydrogen-bond donors (Lipinski definition) is 1. The molecule has 0 spiro atoms. The maximum absolute atomic E-state index is 13.0. The molecule has 1 aliphatic carbocycles. The van der Waals surface area contributed by atoms with Gasteiger partial charge in [-0.05, 0) is 48.9 Å². The number of amides is 2. The van der Waals surface area contributed by atoms with Crippen LogP contribution in [-0.2, 0) is 20.1 Å². The van der Waals surface area contributed by atoms with Gasteiger partial charge in [-0.25, -0.2) is 4.31 Å². The topological polar surface area (TPSA) is 82.9 Å². The number of carbonyl (C=O) groups is 2. The van der Waals surface area contributed by atoms with Gasteiger partial charge >= 0.3 is 0 Å². The molecule has 2 heterocycles. The molecule has 0 radical (unpaired) electrons. The lowest BCUT2D eigenvalue weighted by Gasteiger charge is -2.33. The third-order valence-electron chi connectivity index (χ3n) is 7.66. The summed E-state index contributed by atoms with van der Waals surface area (Å²) in [7, 11) is 5.48. The second-order valence-electron chi connectivity index (χ2n) is 10.5. The smallest absolute Gasteiger partial charge is 0.269 e. The third-order valence-corrected chi connectivity index (χ3v) is 8.54. The molecule has 212 valence electrons. The third kappa shape index (κ3) is 6.28. The Kier molecular flexibility index (Phi) is 8.66. The van der Waals surface area contributed by atoms with Gasteiger partial charge in [0, 0.05) is 70.4 Å². The Morgan fingerprint density at radius 2 is 1.82 bits per heavy atom. The van der Waals surface area contributed by atoms with Gasteiger partial charge in [-0.3, -0.25) is 14.3 Å². The van der Waals surface area contributed by atoms with Gasteiger partial charge in [0.15, 0.2) is 0 Å². The molecule has 9 nitrogen and oxygen atoms in total. The van der Waals surface area contributed by atoms with Gasteiger partial charge in [0.1, 0.15) is 11.4 Å². The molecule has 2 amide bonds. The van der Waals surface area contributed by atoms with Crippen LogP contribution in [0.15, 0.2) is 48.5 Å². The number of para-hydroxylation sites is 1. The normalized spacial score (nSPS) is 15.7. The van der Waals surface area contributed by atoms with E-state index in [9.17, 15) is 9.59 Å². The molecule has 1 saturated carbocycles. The van der Waals surface area contributed by atoms with E-state index < -0.39 is 0 Å². The fourth-order valence-corrected chi connectivity index (χ4v) is 5.69. The van der Waals surface area contributed by atoms with Crippen LogP contribution in [0, 0.1) is 0 Å². The van der Waals surface area contributed by atoms with Gasteiger partial charge in [-0.2, -0.15) is 5.10 Å². The molecule has 2 aromatic carbocycles. The predicted octanol–water partition coefficient (Wildman–Crippen LogP) is 3.91. The van der Waals surface area contributed by atoms with E-state index in [1.54, 1.807) is 23.7 Å². The molecule has 1 aromatic heterocycles. The van der Waals surface area contributed by atoms with Gasteiger partial charge in [0.05, 0.1) is 18.5 Å². The van der Waals surface area contributed by atoms with Gasteiger partial charge in [-0.1, -0.05) is 36.2 Å². The summed E-state index contributed by atoms with van der Waals surface area (Å²) >= 11 is 1.73. The molecule has 10 heteroatoms. The zero-order valence-corrected chi connectivity index (χ0v) is 24.5. The summed E-state index contributed by atoms with van der Waals surface area (Å²) in [6, 6.07) is 15.7. The highest BCUT2D eigenvalue weighted by atomic mass is 32.2. The number of rotatable bonds is 10. The van der Waals surface area contributed by atoms with E-state index >= 15 is 0 Å². The van der Waals surface area contributed by atoms with Crippen molar-refractivity contribution in [2.24, 2.45) is 7.05 Å². The van der Waals surface area contributed by atoms with Crippen LogP contribution in [-0.4, -0.2) is 77.4 Å². The summed E-state index contributed by atoms with van der Waals surface area (Å²) in [5.41, 5.74) is 5.20. The first-order valence-electron chi connectivity index (χ1n) is 13.7. The average molecular weight is 563 g/mol. The lowest BCUT2D eigenvalue weighted by Crippen LogP contribution is -2.46. The zero-order valence-electron chi connectivity index (χ0n) is 23.7. The molecule has 3 aromatic rings. The molecule has 5 rings (SSSR count). The maximum atomic E-state index is 13.0. The van der Waals surface area contributed by atoms with Crippen molar-refractivity contribution in [3.05, 3.63) is 76.6 Å². The predicted molar refractivity (Wildman–Crippen MR) is 159 cm³/mol. The van der Waals surface area contributed by atoms with E-state index in [1.807, 2.05) is 67.5 Å². The first-order valence-corrected chi connectivity index (χ1v) is 14.9. The highest BCUT2D eigenvalue weighted by Crippen LogP contribution is 2.39. The molecular formula is C30H38N6O3S. The SMILES string of the molecule is COc1c(CNC(=O)c2cc(C3CC3)nn2C)cccc1N(C)Cc1ccc(C(=O)N2CCN(SC)CC2)cc1. The molecule has 0 unspecified atom stereocenters. The van der Waals surface area contributed by atoms with Crippen LogP contribution >= 0.6 is 11.9 Å². The second kappa shape index (κ2) is 12.3. The van der Waals surface area contributed by atoms with Gasteiger partial charge < -0.3 is 19.9 Å². The number of hydrogen-bond acceptors (Lipinski definition) is 7. The van der Waals surface area contributed by atoms with Crippen molar-refractivity contribution < 1.29 is 14.3 Å². The lowest BCUT2D eigenvalue weighted by molar-refractivity contribution is 0.0703. The minimum atomic E-state index is -0.150. The van der Waals surface area contributed by atoms with Gasteiger partial charge in [0.25, 0.3) is 11.8 Å². The number of carbonyl (C=O) groups excluding carboxylic acids is 2.